The molecule has 1 aromatic rings. The standard InChI is InChI=1S/C15H24ClN3O3S/c1-4-19(5-2)11-10-17-15(20)12(3)18-23(21,22)14-8-6-13(16)7-9-14/h6-9,12,18H,4-5,10-11H2,1-3H3,(H,17,20)/t12-/m1/s1. The van der Waals surface area contributed by atoms with E-state index in [4.69, 9.17) is 11.6 Å². The highest BCUT2D eigenvalue weighted by Gasteiger charge is 2.21. The van der Waals surface area contributed by atoms with Gasteiger partial charge in [0.2, 0.25) is 15.9 Å². The Labute approximate surface area is 143 Å². The van der Waals surface area contributed by atoms with Crippen molar-refractivity contribution in [3.63, 3.8) is 0 Å². The molecule has 130 valence electrons. The molecular formula is C15H24ClN3O3S. The van der Waals surface area contributed by atoms with Gasteiger partial charge in [-0.3, -0.25) is 4.79 Å². The summed E-state index contributed by atoms with van der Waals surface area (Å²) >= 11 is 5.74. The molecule has 1 amide bonds. The number of halogens is 1. The minimum absolute atomic E-state index is 0.0738. The van der Waals surface area contributed by atoms with Crippen LogP contribution in [0.15, 0.2) is 29.2 Å². The molecule has 0 saturated heterocycles. The van der Waals surface area contributed by atoms with Gasteiger partial charge in [0.25, 0.3) is 0 Å². The number of carbonyl (C=O) groups is 1. The summed E-state index contributed by atoms with van der Waals surface area (Å²) in [6.07, 6.45) is 0. The van der Waals surface area contributed by atoms with Gasteiger partial charge in [-0.25, -0.2) is 8.42 Å². The summed E-state index contributed by atoms with van der Waals surface area (Å²) in [6, 6.07) is 4.92. The lowest BCUT2D eigenvalue weighted by Gasteiger charge is -2.19. The maximum Gasteiger partial charge on any atom is 0.241 e. The molecular weight excluding hydrogens is 338 g/mol. The molecule has 0 aliphatic carbocycles. The van der Waals surface area contributed by atoms with E-state index in [1.165, 1.54) is 31.2 Å². The molecule has 23 heavy (non-hydrogen) atoms. The van der Waals surface area contributed by atoms with Crippen LogP contribution >= 0.6 is 11.6 Å². The van der Waals surface area contributed by atoms with Crippen molar-refractivity contribution in [2.75, 3.05) is 26.2 Å². The topological polar surface area (TPSA) is 78.5 Å². The molecule has 1 atom stereocenters. The average Bonchev–Trinajstić information content (AvgIpc) is 2.51. The summed E-state index contributed by atoms with van der Waals surface area (Å²) in [4.78, 5) is 14.2. The first-order chi connectivity index (χ1) is 10.8. The number of sulfonamides is 1. The molecule has 0 saturated carbocycles. The van der Waals surface area contributed by atoms with Gasteiger partial charge >= 0.3 is 0 Å². The van der Waals surface area contributed by atoms with Crippen LogP contribution in [0, 0.1) is 0 Å². The summed E-state index contributed by atoms with van der Waals surface area (Å²) < 4.78 is 26.7. The van der Waals surface area contributed by atoms with Crippen molar-refractivity contribution in [2.24, 2.45) is 0 Å². The molecule has 0 heterocycles. The Morgan fingerprint density at radius 2 is 1.78 bits per heavy atom. The van der Waals surface area contributed by atoms with E-state index in [0.29, 0.717) is 11.6 Å². The van der Waals surface area contributed by atoms with Crippen molar-refractivity contribution in [3.8, 4) is 0 Å². The highest BCUT2D eigenvalue weighted by Crippen LogP contribution is 2.14. The van der Waals surface area contributed by atoms with Crippen LogP contribution < -0.4 is 10.0 Å². The Kier molecular flexibility index (Phi) is 7.98. The van der Waals surface area contributed by atoms with E-state index in [1.807, 2.05) is 13.8 Å². The molecule has 0 spiro atoms. The van der Waals surface area contributed by atoms with E-state index in [9.17, 15) is 13.2 Å². The molecule has 0 radical (unpaired) electrons. The summed E-state index contributed by atoms with van der Waals surface area (Å²) in [5.41, 5.74) is 0. The van der Waals surface area contributed by atoms with Crippen LogP contribution in [0.1, 0.15) is 20.8 Å². The normalized spacial score (nSPS) is 13.1. The predicted molar refractivity (Wildman–Crippen MR) is 92.0 cm³/mol. The minimum atomic E-state index is -3.75. The lowest BCUT2D eigenvalue weighted by atomic mass is 10.3. The fourth-order valence-corrected chi connectivity index (χ4v) is 3.33. The van der Waals surface area contributed by atoms with Gasteiger partial charge in [0, 0.05) is 18.1 Å². The van der Waals surface area contributed by atoms with Crippen LogP contribution in [0.2, 0.25) is 5.02 Å². The molecule has 8 heteroatoms. The van der Waals surface area contributed by atoms with Crippen LogP contribution in [-0.2, 0) is 14.8 Å². The van der Waals surface area contributed by atoms with E-state index in [2.05, 4.69) is 14.9 Å². The van der Waals surface area contributed by atoms with E-state index >= 15 is 0 Å². The van der Waals surface area contributed by atoms with Crippen molar-refractivity contribution >= 4 is 27.5 Å². The van der Waals surface area contributed by atoms with Crippen molar-refractivity contribution in [1.29, 1.82) is 0 Å². The van der Waals surface area contributed by atoms with Gasteiger partial charge < -0.3 is 10.2 Å². The fourth-order valence-electron chi connectivity index (χ4n) is 2.00. The van der Waals surface area contributed by atoms with Crippen LogP contribution in [-0.4, -0.2) is 51.4 Å². The van der Waals surface area contributed by atoms with E-state index < -0.39 is 16.1 Å². The van der Waals surface area contributed by atoms with Gasteiger partial charge in [0.15, 0.2) is 0 Å². The van der Waals surface area contributed by atoms with Gasteiger partial charge in [-0.05, 0) is 44.3 Å². The highest BCUT2D eigenvalue weighted by atomic mass is 35.5. The van der Waals surface area contributed by atoms with Crippen LogP contribution in [0.25, 0.3) is 0 Å². The number of nitrogens with one attached hydrogen (secondary N) is 2. The monoisotopic (exact) mass is 361 g/mol. The summed E-state index contributed by atoms with van der Waals surface area (Å²) in [5.74, 6) is -0.352. The first kappa shape index (κ1) is 19.9. The first-order valence-electron chi connectivity index (χ1n) is 7.58. The molecule has 0 bridgehead atoms. The minimum Gasteiger partial charge on any atom is -0.353 e. The smallest absolute Gasteiger partial charge is 0.241 e. The molecule has 0 aliphatic rings. The largest absolute Gasteiger partial charge is 0.353 e. The van der Waals surface area contributed by atoms with Crippen LogP contribution in [0.3, 0.4) is 0 Å². The third-order valence-electron chi connectivity index (χ3n) is 3.47. The van der Waals surface area contributed by atoms with E-state index in [-0.39, 0.29) is 10.8 Å². The van der Waals surface area contributed by atoms with Gasteiger partial charge in [-0.2, -0.15) is 4.72 Å². The zero-order valence-corrected chi connectivity index (χ0v) is 15.2. The highest BCUT2D eigenvalue weighted by molar-refractivity contribution is 7.89. The molecule has 1 aromatic carbocycles. The van der Waals surface area contributed by atoms with Gasteiger partial charge in [0.05, 0.1) is 10.9 Å². The Balaban J connectivity index is 2.55. The Bertz CT molecular complexity index is 601. The lowest BCUT2D eigenvalue weighted by Crippen LogP contribution is -2.46. The molecule has 0 aliphatic heterocycles. The molecule has 0 aromatic heterocycles. The van der Waals surface area contributed by atoms with E-state index in [1.54, 1.807) is 0 Å². The summed E-state index contributed by atoms with van der Waals surface area (Å²) in [5, 5.41) is 3.19. The average molecular weight is 362 g/mol. The molecule has 2 N–H and O–H groups in total. The second kappa shape index (κ2) is 9.22. The van der Waals surface area contributed by atoms with Crippen molar-refractivity contribution in [3.05, 3.63) is 29.3 Å². The van der Waals surface area contributed by atoms with E-state index in [0.717, 1.165) is 19.6 Å². The van der Waals surface area contributed by atoms with Crippen molar-refractivity contribution < 1.29 is 13.2 Å². The van der Waals surface area contributed by atoms with Crippen molar-refractivity contribution in [2.45, 2.75) is 31.7 Å². The maximum absolute atomic E-state index is 12.2. The zero-order valence-electron chi connectivity index (χ0n) is 13.7. The lowest BCUT2D eigenvalue weighted by molar-refractivity contribution is -0.122. The summed E-state index contributed by atoms with van der Waals surface area (Å²) in [7, 11) is -3.75. The molecule has 0 unspecified atom stereocenters. The fraction of sp³-hybridized carbons (Fsp3) is 0.533. The summed E-state index contributed by atoms with van der Waals surface area (Å²) in [6.45, 7) is 8.64. The maximum atomic E-state index is 12.2. The number of amides is 1. The number of hydrogen-bond acceptors (Lipinski definition) is 4. The Morgan fingerprint density at radius 3 is 2.30 bits per heavy atom. The number of hydrogen-bond donors (Lipinski definition) is 2. The van der Waals surface area contributed by atoms with Crippen LogP contribution in [0.5, 0.6) is 0 Å². The SMILES string of the molecule is CCN(CC)CCNC(=O)[C@@H](C)NS(=O)(=O)c1ccc(Cl)cc1. The quantitative estimate of drug-likeness (QED) is 0.698. The molecule has 1 rings (SSSR count). The van der Waals surface area contributed by atoms with Gasteiger partial charge in [0.1, 0.15) is 0 Å². The second-order valence-corrected chi connectivity index (χ2v) is 7.27. The first-order valence-corrected chi connectivity index (χ1v) is 9.44. The Hall–Kier alpha value is -1.15. The third-order valence-corrected chi connectivity index (χ3v) is 5.28. The number of benzene rings is 1. The zero-order chi connectivity index (χ0) is 17.5. The number of rotatable bonds is 9. The number of likely N-dealkylation sites (N-methyl/N-ethyl adjacent to an activating group) is 1. The van der Waals surface area contributed by atoms with Crippen LogP contribution in [0.4, 0.5) is 0 Å². The molecule has 0 fully saturated rings. The predicted octanol–water partition coefficient (Wildman–Crippen LogP) is 1.46. The third kappa shape index (κ3) is 6.47. The number of carbonyl (C=O) groups excluding carboxylic acids is 1. The number of nitrogens with zero attached hydrogens (tertiary/aromatic N) is 1. The Morgan fingerprint density at radius 1 is 1.22 bits per heavy atom. The molecule has 6 nitrogen and oxygen atoms in total. The van der Waals surface area contributed by atoms with Gasteiger partial charge in [-0.15, -0.1) is 0 Å². The van der Waals surface area contributed by atoms with Gasteiger partial charge in [-0.1, -0.05) is 25.4 Å². The second-order valence-electron chi connectivity index (χ2n) is 5.11. The van der Waals surface area contributed by atoms with Crippen molar-refractivity contribution in [1.82, 2.24) is 14.9 Å².